The van der Waals surface area contributed by atoms with Crippen molar-refractivity contribution in [3.63, 3.8) is 0 Å². The average Bonchev–Trinajstić information content (AvgIpc) is 2.58. The normalized spacial score (nSPS) is 17.2. The summed E-state index contributed by atoms with van der Waals surface area (Å²) < 4.78 is 0. The van der Waals surface area contributed by atoms with E-state index in [4.69, 9.17) is 0 Å². The number of rotatable bonds is 6. The number of carboxylic acid groups (broad SMARTS) is 1. The van der Waals surface area contributed by atoms with Gasteiger partial charge < -0.3 is 15.3 Å². The highest BCUT2D eigenvalue weighted by molar-refractivity contribution is 5.85. The minimum absolute atomic E-state index is 0.0421. The van der Waals surface area contributed by atoms with Crippen LogP contribution in [0, 0.1) is 11.3 Å². The Kier molecular flexibility index (Phi) is 6.33. The molecule has 1 aromatic heterocycles. The molecule has 0 aromatic carbocycles. The quantitative estimate of drug-likeness (QED) is 0.817. The van der Waals surface area contributed by atoms with E-state index >= 15 is 0 Å². The van der Waals surface area contributed by atoms with Crippen LogP contribution < -0.4 is 10.2 Å². The molecule has 2 rings (SSSR count). The fourth-order valence-corrected chi connectivity index (χ4v) is 2.95. The van der Waals surface area contributed by atoms with Crippen LogP contribution in [0.1, 0.15) is 46.5 Å². The van der Waals surface area contributed by atoms with E-state index in [0.29, 0.717) is 19.3 Å². The zero-order valence-electron chi connectivity index (χ0n) is 15.2. The number of anilines is 1. The van der Waals surface area contributed by atoms with Crippen LogP contribution in [0.3, 0.4) is 0 Å². The molecule has 1 unspecified atom stereocenters. The topological polar surface area (TPSA) is 95.4 Å². The van der Waals surface area contributed by atoms with Crippen molar-refractivity contribution in [3.8, 4) is 0 Å². The standard InChI is InChI=1S/C18H28N4O3/c1-18(2,3)7-4-14(17(24)25)21-16(23)13-5-10-22(11-6-13)15-12-19-8-9-20-15/h8-9,12-14H,4-7,10-11H2,1-3H3,(H,21,23)(H,24,25). The van der Waals surface area contributed by atoms with Crippen molar-refractivity contribution in [2.75, 3.05) is 18.0 Å². The van der Waals surface area contributed by atoms with Gasteiger partial charge in [0.2, 0.25) is 5.91 Å². The highest BCUT2D eigenvalue weighted by Crippen LogP contribution is 2.23. The van der Waals surface area contributed by atoms with Gasteiger partial charge in [0.05, 0.1) is 6.20 Å². The number of carbonyl (C=O) groups excluding carboxylic acids is 1. The Labute approximate surface area is 148 Å². The van der Waals surface area contributed by atoms with Gasteiger partial charge in [-0.25, -0.2) is 9.78 Å². The molecule has 1 aromatic rings. The highest BCUT2D eigenvalue weighted by Gasteiger charge is 2.29. The van der Waals surface area contributed by atoms with E-state index in [1.807, 2.05) is 0 Å². The molecule has 1 saturated heterocycles. The van der Waals surface area contributed by atoms with Crippen LogP contribution in [0.25, 0.3) is 0 Å². The Morgan fingerprint density at radius 1 is 1.32 bits per heavy atom. The summed E-state index contributed by atoms with van der Waals surface area (Å²) in [5, 5.41) is 12.1. The summed E-state index contributed by atoms with van der Waals surface area (Å²) in [4.78, 5) is 34.3. The molecule has 0 radical (unpaired) electrons. The van der Waals surface area contributed by atoms with Crippen molar-refractivity contribution in [2.45, 2.75) is 52.5 Å². The third kappa shape index (κ3) is 5.99. The smallest absolute Gasteiger partial charge is 0.326 e. The van der Waals surface area contributed by atoms with Gasteiger partial charge in [0.1, 0.15) is 11.9 Å². The van der Waals surface area contributed by atoms with Crippen molar-refractivity contribution in [2.24, 2.45) is 11.3 Å². The number of hydrogen-bond acceptors (Lipinski definition) is 5. The molecule has 1 aliphatic heterocycles. The lowest BCUT2D eigenvalue weighted by Crippen LogP contribution is -2.47. The molecule has 0 aliphatic carbocycles. The lowest BCUT2D eigenvalue weighted by atomic mass is 9.88. The fraction of sp³-hybridized carbons (Fsp3) is 0.667. The maximum atomic E-state index is 12.5. The summed E-state index contributed by atoms with van der Waals surface area (Å²) in [6.45, 7) is 7.63. The number of carboxylic acids is 1. The molecule has 0 saturated carbocycles. The van der Waals surface area contributed by atoms with Crippen molar-refractivity contribution >= 4 is 17.7 Å². The predicted molar refractivity (Wildman–Crippen MR) is 95.2 cm³/mol. The second kappa shape index (κ2) is 8.27. The molecule has 7 nitrogen and oxygen atoms in total. The minimum Gasteiger partial charge on any atom is -0.480 e. The summed E-state index contributed by atoms with van der Waals surface area (Å²) in [7, 11) is 0. The van der Waals surface area contributed by atoms with Crippen LogP contribution >= 0.6 is 0 Å². The molecule has 1 aliphatic rings. The van der Waals surface area contributed by atoms with Gasteiger partial charge in [0, 0.05) is 31.4 Å². The number of carbonyl (C=O) groups is 2. The molecule has 7 heteroatoms. The number of nitrogens with one attached hydrogen (secondary N) is 1. The van der Waals surface area contributed by atoms with Gasteiger partial charge in [-0.2, -0.15) is 0 Å². The molecule has 0 bridgehead atoms. The van der Waals surface area contributed by atoms with E-state index in [9.17, 15) is 14.7 Å². The van der Waals surface area contributed by atoms with Crippen LogP contribution in [0.2, 0.25) is 0 Å². The Bertz CT molecular complexity index is 578. The van der Waals surface area contributed by atoms with Gasteiger partial charge in [-0.15, -0.1) is 0 Å². The van der Waals surface area contributed by atoms with Gasteiger partial charge in [0.25, 0.3) is 0 Å². The Morgan fingerprint density at radius 2 is 2.00 bits per heavy atom. The van der Waals surface area contributed by atoms with Crippen molar-refractivity contribution in [1.82, 2.24) is 15.3 Å². The van der Waals surface area contributed by atoms with Crippen molar-refractivity contribution in [1.29, 1.82) is 0 Å². The van der Waals surface area contributed by atoms with E-state index < -0.39 is 12.0 Å². The van der Waals surface area contributed by atoms with Gasteiger partial charge in [-0.05, 0) is 31.1 Å². The van der Waals surface area contributed by atoms with Crippen LogP contribution in [0.5, 0.6) is 0 Å². The minimum atomic E-state index is -0.963. The largest absolute Gasteiger partial charge is 0.480 e. The summed E-state index contributed by atoms with van der Waals surface area (Å²) >= 11 is 0. The second-order valence-corrected chi connectivity index (χ2v) is 7.82. The summed E-state index contributed by atoms with van der Waals surface area (Å²) in [6, 6.07) is -0.815. The van der Waals surface area contributed by atoms with E-state index in [1.54, 1.807) is 18.6 Å². The Hall–Kier alpha value is -2.18. The number of nitrogens with zero attached hydrogens (tertiary/aromatic N) is 3. The molecule has 1 fully saturated rings. The molecular weight excluding hydrogens is 320 g/mol. The number of piperidine rings is 1. The zero-order chi connectivity index (χ0) is 18.4. The first-order valence-corrected chi connectivity index (χ1v) is 8.80. The van der Waals surface area contributed by atoms with Crippen LogP contribution in [0.4, 0.5) is 5.82 Å². The van der Waals surface area contributed by atoms with E-state index in [2.05, 4.69) is 41.0 Å². The average molecular weight is 348 g/mol. The SMILES string of the molecule is CC(C)(C)CCC(NC(=O)C1CCN(c2cnccn2)CC1)C(=O)O. The zero-order valence-corrected chi connectivity index (χ0v) is 15.2. The lowest BCUT2D eigenvalue weighted by molar-refractivity contribution is -0.143. The molecule has 1 amide bonds. The molecule has 0 spiro atoms. The summed E-state index contributed by atoms with van der Waals surface area (Å²) in [5.74, 6) is -0.450. The van der Waals surface area contributed by atoms with Gasteiger partial charge >= 0.3 is 5.97 Å². The summed E-state index contributed by atoms with van der Waals surface area (Å²) in [6.07, 6.45) is 7.57. The highest BCUT2D eigenvalue weighted by atomic mass is 16.4. The van der Waals surface area contributed by atoms with Crippen molar-refractivity contribution in [3.05, 3.63) is 18.6 Å². The molecule has 2 heterocycles. The number of amides is 1. The number of hydrogen-bond donors (Lipinski definition) is 2. The Balaban J connectivity index is 1.85. The predicted octanol–water partition coefficient (Wildman–Crippen LogP) is 2.09. The number of aromatic nitrogens is 2. The first-order valence-electron chi connectivity index (χ1n) is 8.80. The molecule has 2 N–H and O–H groups in total. The van der Waals surface area contributed by atoms with Crippen LogP contribution in [-0.2, 0) is 9.59 Å². The van der Waals surface area contributed by atoms with Gasteiger partial charge in [-0.1, -0.05) is 20.8 Å². The summed E-state index contributed by atoms with van der Waals surface area (Å²) in [5.41, 5.74) is 0.0421. The maximum absolute atomic E-state index is 12.5. The molecule has 1 atom stereocenters. The van der Waals surface area contributed by atoms with Crippen molar-refractivity contribution < 1.29 is 14.7 Å². The van der Waals surface area contributed by atoms with Crippen LogP contribution in [0.15, 0.2) is 18.6 Å². The van der Waals surface area contributed by atoms with Crippen LogP contribution in [-0.4, -0.2) is 46.1 Å². The fourth-order valence-electron chi connectivity index (χ4n) is 2.95. The maximum Gasteiger partial charge on any atom is 0.326 e. The first-order chi connectivity index (χ1) is 11.8. The third-order valence-corrected chi connectivity index (χ3v) is 4.54. The molecular formula is C18H28N4O3. The van der Waals surface area contributed by atoms with Gasteiger partial charge in [0.15, 0.2) is 0 Å². The number of aliphatic carboxylic acids is 1. The molecule has 25 heavy (non-hydrogen) atoms. The third-order valence-electron chi connectivity index (χ3n) is 4.54. The first kappa shape index (κ1) is 19.1. The Morgan fingerprint density at radius 3 is 2.52 bits per heavy atom. The second-order valence-electron chi connectivity index (χ2n) is 7.82. The van der Waals surface area contributed by atoms with E-state index in [0.717, 1.165) is 25.3 Å². The van der Waals surface area contributed by atoms with E-state index in [-0.39, 0.29) is 17.2 Å². The molecule has 138 valence electrons. The lowest BCUT2D eigenvalue weighted by Gasteiger charge is -2.32. The van der Waals surface area contributed by atoms with E-state index in [1.165, 1.54) is 0 Å². The monoisotopic (exact) mass is 348 g/mol. The van der Waals surface area contributed by atoms with Gasteiger partial charge in [-0.3, -0.25) is 9.78 Å².